The summed E-state index contributed by atoms with van der Waals surface area (Å²) in [7, 11) is 0. The van der Waals surface area contributed by atoms with Crippen molar-refractivity contribution in [3.8, 4) is 0 Å². The third kappa shape index (κ3) is 1.97. The first-order valence-corrected chi connectivity index (χ1v) is 10.4. The van der Waals surface area contributed by atoms with E-state index in [1.165, 1.54) is 0 Å². The average molecular weight is 440 g/mol. The topological polar surface area (TPSA) is 155 Å². The Labute approximate surface area is 176 Å². The maximum Gasteiger partial charge on any atom is 0.340 e. The molecule has 4 heterocycles. The van der Waals surface area contributed by atoms with E-state index in [4.69, 9.17) is 28.8 Å². The van der Waals surface area contributed by atoms with Gasteiger partial charge in [0.15, 0.2) is 11.7 Å². The Morgan fingerprint density at radius 3 is 2.52 bits per heavy atom. The van der Waals surface area contributed by atoms with E-state index in [2.05, 4.69) is 0 Å². The minimum atomic E-state index is -1.80. The fourth-order valence-electron chi connectivity index (χ4n) is 7.01. The van der Waals surface area contributed by atoms with Crippen LogP contribution < -0.4 is 0 Å². The molecule has 0 radical (unpaired) electrons. The first kappa shape index (κ1) is 20.7. The lowest BCUT2D eigenvalue weighted by atomic mass is 9.53. The Morgan fingerprint density at radius 2 is 1.87 bits per heavy atom. The van der Waals surface area contributed by atoms with E-state index >= 15 is 0 Å². The summed E-state index contributed by atoms with van der Waals surface area (Å²) in [5.41, 5.74) is -4.81. The van der Waals surface area contributed by atoms with Crippen molar-refractivity contribution in [2.45, 2.75) is 69.9 Å². The van der Waals surface area contributed by atoms with Gasteiger partial charge in [0.2, 0.25) is 6.29 Å². The van der Waals surface area contributed by atoms with E-state index in [9.17, 15) is 24.3 Å². The number of carboxylic acids is 1. The van der Waals surface area contributed by atoms with E-state index in [0.717, 1.165) is 0 Å². The molecule has 0 aromatic heterocycles. The first-order valence-electron chi connectivity index (χ1n) is 10.4. The van der Waals surface area contributed by atoms with Gasteiger partial charge in [-0.2, -0.15) is 0 Å². The van der Waals surface area contributed by atoms with Crippen molar-refractivity contribution in [1.82, 2.24) is 0 Å². The van der Waals surface area contributed by atoms with Crippen molar-refractivity contribution in [3.05, 3.63) is 0 Å². The van der Waals surface area contributed by atoms with Crippen LogP contribution >= 0.6 is 0 Å². The number of carbonyl (C=O) groups is 4. The van der Waals surface area contributed by atoms with Crippen LogP contribution in [0.4, 0.5) is 0 Å². The molecule has 11 nitrogen and oxygen atoms in total. The van der Waals surface area contributed by atoms with Crippen LogP contribution in [-0.4, -0.2) is 77.0 Å². The summed E-state index contributed by atoms with van der Waals surface area (Å²) in [6, 6.07) is 0. The summed E-state index contributed by atoms with van der Waals surface area (Å²) >= 11 is 0. The lowest BCUT2D eigenvalue weighted by Crippen LogP contribution is -2.63. The number of aliphatic hydroxyl groups is 1. The van der Waals surface area contributed by atoms with Gasteiger partial charge in [-0.05, 0) is 13.3 Å². The molecule has 1 aliphatic carbocycles. The van der Waals surface area contributed by atoms with Crippen molar-refractivity contribution >= 4 is 23.9 Å². The summed E-state index contributed by atoms with van der Waals surface area (Å²) in [6.07, 6.45) is -5.12. The molecule has 4 aliphatic heterocycles. The monoisotopic (exact) mass is 440 g/mol. The Morgan fingerprint density at radius 1 is 1.16 bits per heavy atom. The lowest BCUT2D eigenvalue weighted by molar-refractivity contribution is -0.206. The number of carbonyl (C=O) groups excluding carboxylic acids is 3. The molecule has 5 rings (SSSR count). The first-order chi connectivity index (χ1) is 14.6. The van der Waals surface area contributed by atoms with Crippen LogP contribution in [0.1, 0.15) is 33.6 Å². The molecule has 0 aromatic rings. The summed E-state index contributed by atoms with van der Waals surface area (Å²) in [4.78, 5) is 49.5. The maximum absolute atomic E-state index is 13.4. The second-order valence-electron chi connectivity index (χ2n) is 9.20. The van der Waals surface area contributed by atoms with Gasteiger partial charge in [0.25, 0.3) is 0 Å². The van der Waals surface area contributed by atoms with Gasteiger partial charge in [-0.15, -0.1) is 0 Å². The second kappa shape index (κ2) is 6.17. The van der Waals surface area contributed by atoms with E-state index in [1.54, 1.807) is 13.8 Å². The largest absolute Gasteiger partial charge is 0.480 e. The molecule has 0 amide bonds. The molecule has 170 valence electrons. The Balaban J connectivity index is 1.73. The summed E-state index contributed by atoms with van der Waals surface area (Å²) in [5, 5.41) is 20.7. The quantitative estimate of drug-likeness (QED) is 0.415. The zero-order valence-corrected chi connectivity index (χ0v) is 17.2. The number of cyclic esters (lactones) is 1. The van der Waals surface area contributed by atoms with Crippen LogP contribution in [0.5, 0.6) is 0 Å². The molecule has 0 spiro atoms. The minimum absolute atomic E-state index is 0.345. The summed E-state index contributed by atoms with van der Waals surface area (Å²) in [6.45, 7) is 4.26. The Kier molecular flexibility index (Phi) is 4.11. The molecule has 5 fully saturated rings. The van der Waals surface area contributed by atoms with E-state index in [-0.39, 0.29) is 0 Å². The van der Waals surface area contributed by atoms with Gasteiger partial charge < -0.3 is 33.9 Å². The number of rotatable bonds is 5. The van der Waals surface area contributed by atoms with Crippen LogP contribution in [0.15, 0.2) is 0 Å². The van der Waals surface area contributed by atoms with Crippen LogP contribution in [0, 0.1) is 22.7 Å². The fraction of sp³-hybridized carbons (Fsp3) is 0.800. The average Bonchev–Trinajstić information content (AvgIpc) is 3.33. The Bertz CT molecular complexity index is 886. The minimum Gasteiger partial charge on any atom is -0.480 e. The van der Waals surface area contributed by atoms with Crippen LogP contribution in [-0.2, 0) is 42.9 Å². The van der Waals surface area contributed by atoms with Crippen molar-refractivity contribution in [2.75, 3.05) is 6.61 Å². The number of ether oxygens (including phenoxy) is 5. The zero-order chi connectivity index (χ0) is 22.5. The summed E-state index contributed by atoms with van der Waals surface area (Å²) < 4.78 is 28.2. The highest BCUT2D eigenvalue weighted by Crippen LogP contribution is 2.77. The summed E-state index contributed by atoms with van der Waals surface area (Å²) in [5.74, 6) is -5.08. The lowest BCUT2D eigenvalue weighted by Gasteiger charge is -2.46. The number of hydrogen-bond acceptors (Lipinski definition) is 10. The van der Waals surface area contributed by atoms with Crippen molar-refractivity contribution in [1.29, 1.82) is 0 Å². The number of aliphatic carboxylic acids is 1. The van der Waals surface area contributed by atoms with Crippen LogP contribution in [0.2, 0.25) is 0 Å². The number of aliphatic hydroxyl groups excluding tert-OH is 1. The smallest absolute Gasteiger partial charge is 0.340 e. The van der Waals surface area contributed by atoms with Gasteiger partial charge >= 0.3 is 23.9 Å². The molecule has 10 atom stereocenters. The number of fused-ring (bicyclic) bond motifs is 2. The molecule has 31 heavy (non-hydrogen) atoms. The molecular formula is C20H24O11. The normalized spacial score (nSPS) is 51.6. The van der Waals surface area contributed by atoms with Crippen molar-refractivity contribution < 1.29 is 53.1 Å². The zero-order valence-electron chi connectivity index (χ0n) is 17.2. The van der Waals surface area contributed by atoms with Gasteiger partial charge in [0, 0.05) is 0 Å². The Hall–Kier alpha value is -2.24. The molecule has 0 aromatic carbocycles. The predicted octanol–water partition coefficient (Wildman–Crippen LogP) is -0.621. The van der Waals surface area contributed by atoms with Gasteiger partial charge in [-0.1, -0.05) is 20.3 Å². The van der Waals surface area contributed by atoms with Gasteiger partial charge in [0.05, 0.1) is 22.7 Å². The molecule has 4 unspecified atom stereocenters. The van der Waals surface area contributed by atoms with E-state index < -0.39 is 89.5 Å². The van der Waals surface area contributed by atoms with Gasteiger partial charge in [-0.25, -0.2) is 14.4 Å². The number of carboxylic acid groups (broad SMARTS) is 1. The van der Waals surface area contributed by atoms with Gasteiger partial charge in [0.1, 0.15) is 24.9 Å². The maximum atomic E-state index is 13.4. The SMILES string of the molecule is CCCC1OC(=O)[C@@]23O[C@@H]4OC(=O)[C@H](OCC(=O)O)C4(C)[C@@]12[C@@H](O)[C@@H]1OC(=O)C(C)C13. The third-order valence-corrected chi connectivity index (χ3v) is 8.02. The second-order valence-corrected chi connectivity index (χ2v) is 9.20. The van der Waals surface area contributed by atoms with E-state index in [1.807, 2.05) is 6.92 Å². The predicted molar refractivity (Wildman–Crippen MR) is 94.9 cm³/mol. The van der Waals surface area contributed by atoms with Crippen LogP contribution in [0.25, 0.3) is 0 Å². The highest BCUT2D eigenvalue weighted by molar-refractivity contribution is 5.91. The molecule has 11 heteroatoms. The molecule has 0 bridgehead atoms. The standard InChI is InChI=1S/C20H24O11/c1-4-5-8-19-12(23)11-10(7(2)14(24)29-11)20(19,16(26)28-8)31-17-18(19,3)13(15(25)30-17)27-6-9(21)22/h7-8,10-13,17,23H,4-6H2,1-3H3,(H,21,22)/t7?,8?,10?,11-,12+,13+,17+,18?,19+,20-/m1/s1. The van der Waals surface area contributed by atoms with E-state index in [0.29, 0.717) is 12.8 Å². The fourth-order valence-corrected chi connectivity index (χ4v) is 7.01. The van der Waals surface area contributed by atoms with Gasteiger partial charge in [-0.3, -0.25) is 4.79 Å². The van der Waals surface area contributed by atoms with Crippen molar-refractivity contribution in [3.63, 3.8) is 0 Å². The molecule has 2 N–H and O–H groups in total. The molecule has 1 saturated carbocycles. The number of esters is 3. The van der Waals surface area contributed by atoms with Crippen molar-refractivity contribution in [2.24, 2.45) is 22.7 Å². The molecular weight excluding hydrogens is 416 g/mol. The van der Waals surface area contributed by atoms with Crippen LogP contribution in [0.3, 0.4) is 0 Å². The number of hydrogen-bond donors (Lipinski definition) is 2. The highest BCUT2D eigenvalue weighted by Gasteiger charge is 2.96. The highest BCUT2D eigenvalue weighted by atomic mass is 16.8. The molecule has 4 saturated heterocycles. The molecule has 5 aliphatic rings. The third-order valence-electron chi connectivity index (χ3n) is 8.02.